The number of rotatable bonds is 5. The zero-order valence-corrected chi connectivity index (χ0v) is 14.0. The largest absolute Gasteiger partial charge is 0.490 e. The Balaban J connectivity index is 1.46. The number of carbonyl (C=O) groups excluding carboxylic acids is 1. The Hall–Kier alpha value is -1.55. The van der Waals surface area contributed by atoms with Gasteiger partial charge in [-0.25, -0.2) is 0 Å². The lowest BCUT2D eigenvalue weighted by Gasteiger charge is -2.33. The summed E-state index contributed by atoms with van der Waals surface area (Å²) in [6, 6.07) is 8.33. The number of benzene rings is 1. The minimum atomic E-state index is -0.0277. The van der Waals surface area contributed by atoms with Gasteiger partial charge in [-0.1, -0.05) is 18.2 Å². The van der Waals surface area contributed by atoms with Crippen LogP contribution in [0.4, 0.5) is 0 Å². The standard InChI is InChI=1S/C19H27NO3/c1-2-22-19(21)16-7-5-12-20(14-16)13-11-17-10-9-15-6-3-4-8-18(15)23-17/h3-4,6,8,16-17H,2,5,7,9-14H2,1H3. The molecule has 0 aromatic heterocycles. The second-order valence-electron chi connectivity index (χ2n) is 6.57. The van der Waals surface area contributed by atoms with Gasteiger partial charge in [0.2, 0.25) is 0 Å². The van der Waals surface area contributed by atoms with Crippen LogP contribution in [0.3, 0.4) is 0 Å². The molecule has 23 heavy (non-hydrogen) atoms. The van der Waals surface area contributed by atoms with Crippen LogP contribution in [0, 0.1) is 5.92 Å². The highest BCUT2D eigenvalue weighted by Crippen LogP contribution is 2.28. The van der Waals surface area contributed by atoms with Gasteiger partial charge in [0.1, 0.15) is 11.9 Å². The molecule has 0 aliphatic carbocycles. The number of fused-ring (bicyclic) bond motifs is 1. The van der Waals surface area contributed by atoms with Gasteiger partial charge in [-0.15, -0.1) is 0 Å². The van der Waals surface area contributed by atoms with E-state index < -0.39 is 0 Å². The smallest absolute Gasteiger partial charge is 0.310 e. The third kappa shape index (κ3) is 4.25. The maximum atomic E-state index is 11.9. The third-order valence-corrected chi connectivity index (χ3v) is 4.89. The quantitative estimate of drug-likeness (QED) is 0.783. The molecule has 0 bridgehead atoms. The summed E-state index contributed by atoms with van der Waals surface area (Å²) in [6.45, 7) is 5.27. The van der Waals surface area contributed by atoms with E-state index in [9.17, 15) is 4.79 Å². The Labute approximate surface area is 138 Å². The molecule has 2 aliphatic rings. The van der Waals surface area contributed by atoms with Gasteiger partial charge in [0, 0.05) is 13.1 Å². The van der Waals surface area contributed by atoms with Gasteiger partial charge in [0.15, 0.2) is 0 Å². The fraction of sp³-hybridized carbons (Fsp3) is 0.632. The minimum Gasteiger partial charge on any atom is -0.490 e. The van der Waals surface area contributed by atoms with Gasteiger partial charge in [0.25, 0.3) is 0 Å². The van der Waals surface area contributed by atoms with Crippen LogP contribution >= 0.6 is 0 Å². The van der Waals surface area contributed by atoms with Crippen molar-refractivity contribution in [1.82, 2.24) is 4.90 Å². The Morgan fingerprint density at radius 3 is 3.09 bits per heavy atom. The first-order valence-electron chi connectivity index (χ1n) is 8.90. The molecule has 126 valence electrons. The van der Waals surface area contributed by atoms with E-state index in [2.05, 4.69) is 23.1 Å². The number of hydrogen-bond acceptors (Lipinski definition) is 4. The summed E-state index contributed by atoms with van der Waals surface area (Å²) in [5, 5.41) is 0. The fourth-order valence-corrected chi connectivity index (χ4v) is 3.62. The number of nitrogens with zero attached hydrogens (tertiary/aromatic N) is 1. The average Bonchev–Trinajstić information content (AvgIpc) is 2.60. The summed E-state index contributed by atoms with van der Waals surface area (Å²) in [7, 11) is 0. The summed E-state index contributed by atoms with van der Waals surface area (Å²) in [5.41, 5.74) is 1.32. The van der Waals surface area contributed by atoms with Crippen LogP contribution < -0.4 is 4.74 Å². The molecule has 0 amide bonds. The molecule has 1 fully saturated rings. The molecule has 0 spiro atoms. The van der Waals surface area contributed by atoms with Crippen molar-refractivity contribution in [1.29, 1.82) is 0 Å². The highest BCUT2D eigenvalue weighted by atomic mass is 16.5. The Kier molecular flexibility index (Phi) is 5.55. The van der Waals surface area contributed by atoms with E-state index in [1.807, 2.05) is 13.0 Å². The number of carbonyl (C=O) groups is 1. The van der Waals surface area contributed by atoms with Crippen LogP contribution in [-0.4, -0.2) is 43.2 Å². The highest BCUT2D eigenvalue weighted by molar-refractivity contribution is 5.72. The molecule has 1 saturated heterocycles. The van der Waals surface area contributed by atoms with E-state index in [0.717, 1.165) is 57.5 Å². The zero-order valence-electron chi connectivity index (χ0n) is 14.0. The van der Waals surface area contributed by atoms with E-state index in [1.165, 1.54) is 5.56 Å². The number of aryl methyl sites for hydroxylation is 1. The van der Waals surface area contributed by atoms with Crippen LogP contribution in [0.1, 0.15) is 38.2 Å². The van der Waals surface area contributed by atoms with Crippen molar-refractivity contribution in [2.24, 2.45) is 5.92 Å². The summed E-state index contributed by atoms with van der Waals surface area (Å²) in [4.78, 5) is 14.3. The first-order chi connectivity index (χ1) is 11.3. The fourth-order valence-electron chi connectivity index (χ4n) is 3.62. The number of hydrogen-bond donors (Lipinski definition) is 0. The van der Waals surface area contributed by atoms with Crippen molar-refractivity contribution in [3.63, 3.8) is 0 Å². The molecular formula is C19H27NO3. The topological polar surface area (TPSA) is 38.8 Å². The Morgan fingerprint density at radius 1 is 1.35 bits per heavy atom. The Bertz CT molecular complexity index is 531. The number of para-hydroxylation sites is 1. The molecule has 3 rings (SSSR count). The van der Waals surface area contributed by atoms with Crippen molar-refractivity contribution in [3.8, 4) is 5.75 Å². The van der Waals surface area contributed by atoms with E-state index in [1.54, 1.807) is 0 Å². The van der Waals surface area contributed by atoms with Crippen LogP contribution in [0.2, 0.25) is 0 Å². The molecule has 0 radical (unpaired) electrons. The first-order valence-corrected chi connectivity index (χ1v) is 8.90. The normalized spacial score (nSPS) is 24.6. The number of piperidine rings is 1. The van der Waals surface area contributed by atoms with E-state index in [0.29, 0.717) is 12.7 Å². The predicted molar refractivity (Wildman–Crippen MR) is 89.6 cm³/mol. The van der Waals surface area contributed by atoms with E-state index in [-0.39, 0.29) is 11.9 Å². The molecule has 1 aromatic rings. The molecule has 1 aromatic carbocycles. The molecule has 0 saturated carbocycles. The summed E-state index contributed by atoms with van der Waals surface area (Å²) < 4.78 is 11.3. The predicted octanol–water partition coefficient (Wildman–Crippen LogP) is 3.05. The molecule has 0 N–H and O–H groups in total. The van der Waals surface area contributed by atoms with Crippen LogP contribution in [0.5, 0.6) is 5.75 Å². The van der Waals surface area contributed by atoms with Gasteiger partial charge in [-0.2, -0.15) is 0 Å². The van der Waals surface area contributed by atoms with Gasteiger partial charge < -0.3 is 14.4 Å². The van der Waals surface area contributed by atoms with Crippen molar-refractivity contribution >= 4 is 5.97 Å². The molecule has 4 nitrogen and oxygen atoms in total. The molecular weight excluding hydrogens is 290 g/mol. The van der Waals surface area contributed by atoms with E-state index >= 15 is 0 Å². The second-order valence-corrected chi connectivity index (χ2v) is 6.57. The van der Waals surface area contributed by atoms with E-state index in [4.69, 9.17) is 9.47 Å². The summed E-state index contributed by atoms with van der Waals surface area (Å²) >= 11 is 0. The van der Waals surface area contributed by atoms with Crippen molar-refractivity contribution in [2.45, 2.75) is 45.1 Å². The van der Waals surface area contributed by atoms with Gasteiger partial charge in [-0.05, 0) is 57.2 Å². The highest BCUT2D eigenvalue weighted by Gasteiger charge is 2.27. The number of esters is 1. The van der Waals surface area contributed by atoms with Crippen LogP contribution in [-0.2, 0) is 16.0 Å². The van der Waals surface area contributed by atoms with Gasteiger partial charge >= 0.3 is 5.97 Å². The maximum absolute atomic E-state index is 11.9. The molecule has 2 aliphatic heterocycles. The van der Waals surface area contributed by atoms with Crippen molar-refractivity contribution in [2.75, 3.05) is 26.2 Å². The minimum absolute atomic E-state index is 0.0277. The maximum Gasteiger partial charge on any atom is 0.310 e. The number of likely N-dealkylation sites (tertiary alicyclic amines) is 1. The molecule has 2 unspecified atom stereocenters. The second kappa shape index (κ2) is 7.82. The van der Waals surface area contributed by atoms with Gasteiger partial charge in [0.05, 0.1) is 12.5 Å². The lowest BCUT2D eigenvalue weighted by molar-refractivity contribution is -0.149. The molecule has 2 atom stereocenters. The van der Waals surface area contributed by atoms with Crippen molar-refractivity contribution < 1.29 is 14.3 Å². The Morgan fingerprint density at radius 2 is 2.22 bits per heavy atom. The first kappa shape index (κ1) is 16.3. The lowest BCUT2D eigenvalue weighted by Crippen LogP contribution is -2.41. The number of ether oxygens (including phenoxy) is 2. The van der Waals surface area contributed by atoms with Crippen LogP contribution in [0.25, 0.3) is 0 Å². The zero-order chi connectivity index (χ0) is 16.1. The monoisotopic (exact) mass is 317 g/mol. The SMILES string of the molecule is CCOC(=O)C1CCCN(CCC2CCc3ccccc3O2)C1. The van der Waals surface area contributed by atoms with Crippen molar-refractivity contribution in [3.05, 3.63) is 29.8 Å². The lowest BCUT2D eigenvalue weighted by atomic mass is 9.97. The summed E-state index contributed by atoms with van der Waals surface area (Å²) in [5.74, 6) is 1.07. The summed E-state index contributed by atoms with van der Waals surface area (Å²) in [6.07, 6.45) is 5.57. The third-order valence-electron chi connectivity index (χ3n) is 4.89. The molecule has 2 heterocycles. The molecule has 4 heteroatoms. The average molecular weight is 317 g/mol. The van der Waals surface area contributed by atoms with Gasteiger partial charge in [-0.3, -0.25) is 4.79 Å². The van der Waals surface area contributed by atoms with Crippen LogP contribution in [0.15, 0.2) is 24.3 Å².